The summed E-state index contributed by atoms with van der Waals surface area (Å²) in [6.45, 7) is 4.02. The molecular formula is C15H24N2O5S. The summed E-state index contributed by atoms with van der Waals surface area (Å²) < 4.78 is 37.3. The van der Waals surface area contributed by atoms with E-state index in [1.807, 2.05) is 6.92 Å². The van der Waals surface area contributed by atoms with Crippen LogP contribution in [0.5, 0.6) is 11.5 Å². The molecule has 130 valence electrons. The molecule has 1 aliphatic heterocycles. The molecule has 0 amide bonds. The first-order chi connectivity index (χ1) is 10.9. The van der Waals surface area contributed by atoms with Crippen LogP contribution in [0.4, 0.5) is 0 Å². The first-order valence-corrected chi connectivity index (χ1v) is 8.95. The predicted octanol–water partition coefficient (Wildman–Crippen LogP) is 0.391. The number of hydrogen-bond donors (Lipinski definition) is 1. The maximum Gasteiger partial charge on any atom is 0.243 e. The maximum absolute atomic E-state index is 12.8. The highest BCUT2D eigenvalue weighted by molar-refractivity contribution is 7.89. The molecule has 7 nitrogen and oxygen atoms in total. The zero-order valence-corrected chi connectivity index (χ0v) is 14.5. The van der Waals surface area contributed by atoms with Crippen LogP contribution in [0.15, 0.2) is 23.1 Å². The Kier molecular flexibility index (Phi) is 5.85. The van der Waals surface area contributed by atoms with Crippen molar-refractivity contribution in [2.24, 2.45) is 0 Å². The van der Waals surface area contributed by atoms with Crippen molar-refractivity contribution in [1.29, 1.82) is 0 Å². The molecule has 0 aliphatic carbocycles. The van der Waals surface area contributed by atoms with Crippen molar-refractivity contribution >= 4 is 10.0 Å². The second-order valence-corrected chi connectivity index (χ2v) is 7.43. The van der Waals surface area contributed by atoms with Gasteiger partial charge in [0, 0.05) is 38.3 Å². The molecule has 1 aromatic carbocycles. The number of piperazine rings is 1. The highest BCUT2D eigenvalue weighted by Crippen LogP contribution is 2.30. The molecule has 0 bridgehead atoms. The summed E-state index contributed by atoms with van der Waals surface area (Å²) in [6.07, 6.45) is 0. The summed E-state index contributed by atoms with van der Waals surface area (Å²) in [5, 5.41) is 9.20. The van der Waals surface area contributed by atoms with Crippen molar-refractivity contribution in [3.63, 3.8) is 0 Å². The lowest BCUT2D eigenvalue weighted by molar-refractivity contribution is 0.100. The minimum absolute atomic E-state index is 0.0425. The fourth-order valence-electron chi connectivity index (χ4n) is 2.63. The number of ether oxygens (including phenoxy) is 2. The molecule has 1 aromatic rings. The van der Waals surface area contributed by atoms with Crippen molar-refractivity contribution in [3.05, 3.63) is 18.2 Å². The number of nitrogens with zero attached hydrogens (tertiary/aromatic N) is 2. The number of aliphatic hydroxyl groups is 1. The number of aliphatic hydroxyl groups excluding tert-OH is 1. The van der Waals surface area contributed by atoms with Gasteiger partial charge in [-0.2, -0.15) is 4.31 Å². The van der Waals surface area contributed by atoms with Crippen molar-refractivity contribution in [2.75, 3.05) is 47.0 Å². The average Bonchev–Trinajstić information content (AvgIpc) is 2.60. The molecule has 0 aromatic heterocycles. The summed E-state index contributed by atoms with van der Waals surface area (Å²) >= 11 is 0. The van der Waals surface area contributed by atoms with Crippen LogP contribution < -0.4 is 9.47 Å². The van der Waals surface area contributed by atoms with E-state index >= 15 is 0 Å². The highest BCUT2D eigenvalue weighted by atomic mass is 32.2. The van der Waals surface area contributed by atoms with E-state index in [1.54, 1.807) is 6.07 Å². The molecule has 23 heavy (non-hydrogen) atoms. The van der Waals surface area contributed by atoms with E-state index in [2.05, 4.69) is 4.90 Å². The van der Waals surface area contributed by atoms with E-state index < -0.39 is 10.0 Å². The monoisotopic (exact) mass is 344 g/mol. The number of benzene rings is 1. The second kappa shape index (κ2) is 7.48. The van der Waals surface area contributed by atoms with Crippen molar-refractivity contribution in [1.82, 2.24) is 9.21 Å². The third kappa shape index (κ3) is 3.77. The molecule has 0 unspecified atom stereocenters. The van der Waals surface area contributed by atoms with Gasteiger partial charge in [-0.3, -0.25) is 4.90 Å². The lowest BCUT2D eigenvalue weighted by atomic mass is 10.2. The van der Waals surface area contributed by atoms with E-state index in [0.29, 0.717) is 37.7 Å². The van der Waals surface area contributed by atoms with Gasteiger partial charge in [0.2, 0.25) is 10.0 Å². The van der Waals surface area contributed by atoms with Gasteiger partial charge < -0.3 is 14.6 Å². The van der Waals surface area contributed by atoms with E-state index in [9.17, 15) is 13.5 Å². The molecule has 0 spiro atoms. The van der Waals surface area contributed by atoms with Crippen LogP contribution in [-0.4, -0.2) is 75.8 Å². The molecule has 0 saturated carbocycles. The van der Waals surface area contributed by atoms with Crippen molar-refractivity contribution < 1.29 is 23.0 Å². The third-order valence-corrected chi connectivity index (χ3v) is 6.05. The smallest absolute Gasteiger partial charge is 0.243 e. The minimum Gasteiger partial charge on any atom is -0.493 e. The Balaban J connectivity index is 2.17. The van der Waals surface area contributed by atoms with Crippen molar-refractivity contribution in [2.45, 2.75) is 17.9 Å². The number of methoxy groups -OCH3 is 2. The first-order valence-electron chi connectivity index (χ1n) is 7.51. The molecule has 1 aliphatic rings. The van der Waals surface area contributed by atoms with Crippen molar-refractivity contribution in [3.8, 4) is 11.5 Å². The summed E-state index contributed by atoms with van der Waals surface area (Å²) in [7, 11) is -0.584. The van der Waals surface area contributed by atoms with Gasteiger partial charge in [0.15, 0.2) is 11.5 Å². The van der Waals surface area contributed by atoms with Gasteiger partial charge in [-0.25, -0.2) is 8.42 Å². The first kappa shape index (κ1) is 18.0. The van der Waals surface area contributed by atoms with E-state index in [0.717, 1.165) is 0 Å². The Bertz CT molecular complexity index is 627. The van der Waals surface area contributed by atoms with Crippen LogP contribution in [0.25, 0.3) is 0 Å². The zero-order valence-electron chi connectivity index (χ0n) is 13.7. The largest absolute Gasteiger partial charge is 0.493 e. The fourth-order valence-corrected chi connectivity index (χ4v) is 4.06. The topological polar surface area (TPSA) is 79.3 Å². The van der Waals surface area contributed by atoms with E-state index in [-0.39, 0.29) is 17.5 Å². The summed E-state index contributed by atoms with van der Waals surface area (Å²) in [6, 6.07) is 4.65. The number of sulfonamides is 1. The predicted molar refractivity (Wildman–Crippen MR) is 86.4 cm³/mol. The Morgan fingerprint density at radius 2 is 1.74 bits per heavy atom. The molecule has 1 fully saturated rings. The Hall–Kier alpha value is -1.35. The normalized spacial score (nSPS) is 18.6. The summed E-state index contributed by atoms with van der Waals surface area (Å²) in [5.41, 5.74) is 0. The molecule has 1 saturated heterocycles. The molecular weight excluding hydrogens is 320 g/mol. The van der Waals surface area contributed by atoms with E-state index in [1.165, 1.54) is 30.7 Å². The van der Waals surface area contributed by atoms with Crippen LogP contribution in [-0.2, 0) is 10.0 Å². The van der Waals surface area contributed by atoms with Gasteiger partial charge >= 0.3 is 0 Å². The quantitative estimate of drug-likeness (QED) is 0.804. The second-order valence-electron chi connectivity index (χ2n) is 5.49. The van der Waals surface area contributed by atoms with Gasteiger partial charge in [0.25, 0.3) is 0 Å². The molecule has 1 N–H and O–H groups in total. The molecule has 2 rings (SSSR count). The molecule has 1 heterocycles. The fraction of sp³-hybridized carbons (Fsp3) is 0.600. The highest BCUT2D eigenvalue weighted by Gasteiger charge is 2.30. The zero-order chi connectivity index (χ0) is 17.0. The third-order valence-electron chi connectivity index (χ3n) is 4.15. The Morgan fingerprint density at radius 3 is 2.26 bits per heavy atom. The maximum atomic E-state index is 12.8. The minimum atomic E-state index is -3.57. The summed E-state index contributed by atoms with van der Waals surface area (Å²) in [5.74, 6) is 0.883. The van der Waals surface area contributed by atoms with Gasteiger partial charge in [-0.15, -0.1) is 0 Å². The Labute approximate surface area is 137 Å². The molecule has 1 atom stereocenters. The van der Waals surface area contributed by atoms with Crippen LogP contribution in [0.3, 0.4) is 0 Å². The number of hydrogen-bond acceptors (Lipinski definition) is 6. The lowest BCUT2D eigenvalue weighted by Gasteiger charge is -2.36. The molecule has 0 radical (unpaired) electrons. The van der Waals surface area contributed by atoms with Gasteiger partial charge in [-0.05, 0) is 19.1 Å². The van der Waals surface area contributed by atoms with Crippen LogP contribution in [0.2, 0.25) is 0 Å². The van der Waals surface area contributed by atoms with Gasteiger partial charge in [-0.1, -0.05) is 0 Å². The lowest BCUT2D eigenvalue weighted by Crippen LogP contribution is -2.52. The van der Waals surface area contributed by atoms with Crippen LogP contribution >= 0.6 is 0 Å². The van der Waals surface area contributed by atoms with Gasteiger partial charge in [0.05, 0.1) is 25.7 Å². The standard InChI is InChI=1S/C15H24N2O5S/c1-12(11-18)16-6-8-17(9-7-16)23(19,20)13-4-5-14(21-2)15(10-13)22-3/h4-5,10,12,18H,6-9,11H2,1-3H3/t12-/m0/s1. The average molecular weight is 344 g/mol. The SMILES string of the molecule is COc1ccc(S(=O)(=O)N2CCN([C@@H](C)CO)CC2)cc1OC. The Morgan fingerprint density at radius 1 is 1.13 bits per heavy atom. The van der Waals surface area contributed by atoms with Gasteiger partial charge in [0.1, 0.15) is 0 Å². The number of rotatable bonds is 6. The van der Waals surface area contributed by atoms with Crippen LogP contribution in [0, 0.1) is 0 Å². The molecule has 8 heteroatoms. The van der Waals surface area contributed by atoms with Crippen LogP contribution in [0.1, 0.15) is 6.92 Å². The summed E-state index contributed by atoms with van der Waals surface area (Å²) in [4.78, 5) is 2.28. The van der Waals surface area contributed by atoms with E-state index in [4.69, 9.17) is 9.47 Å².